The van der Waals surface area contributed by atoms with Gasteiger partial charge in [0.15, 0.2) is 0 Å². The SMILES string of the molecule is CCCNCC1(CN2CCCC(CC)C2)CCOC1. The predicted molar refractivity (Wildman–Crippen MR) is 80.5 cm³/mol. The highest BCUT2D eigenvalue weighted by Gasteiger charge is 2.37. The first kappa shape index (κ1) is 15.3. The molecule has 0 aliphatic carbocycles. The number of ether oxygens (including phenoxy) is 1. The molecule has 3 heteroatoms. The van der Waals surface area contributed by atoms with Crippen LogP contribution in [0.3, 0.4) is 0 Å². The van der Waals surface area contributed by atoms with Gasteiger partial charge in [-0.1, -0.05) is 20.3 Å². The van der Waals surface area contributed by atoms with Gasteiger partial charge in [-0.3, -0.25) is 0 Å². The monoisotopic (exact) mass is 268 g/mol. The third-order valence-corrected chi connectivity index (χ3v) is 4.85. The lowest BCUT2D eigenvalue weighted by Gasteiger charge is -2.39. The highest BCUT2D eigenvalue weighted by atomic mass is 16.5. The molecule has 0 spiro atoms. The van der Waals surface area contributed by atoms with Gasteiger partial charge in [0.2, 0.25) is 0 Å². The second-order valence-electron chi connectivity index (χ2n) is 6.63. The zero-order valence-corrected chi connectivity index (χ0v) is 12.9. The smallest absolute Gasteiger partial charge is 0.0547 e. The van der Waals surface area contributed by atoms with Gasteiger partial charge in [0, 0.05) is 31.7 Å². The van der Waals surface area contributed by atoms with Crippen molar-refractivity contribution in [2.24, 2.45) is 11.3 Å². The summed E-state index contributed by atoms with van der Waals surface area (Å²) in [5, 5.41) is 3.63. The van der Waals surface area contributed by atoms with Crippen molar-refractivity contribution >= 4 is 0 Å². The molecule has 2 atom stereocenters. The summed E-state index contributed by atoms with van der Waals surface area (Å²) in [5.41, 5.74) is 0.380. The first-order valence-corrected chi connectivity index (χ1v) is 8.29. The minimum absolute atomic E-state index is 0.380. The van der Waals surface area contributed by atoms with Gasteiger partial charge in [-0.05, 0) is 44.7 Å². The molecule has 2 fully saturated rings. The molecule has 2 saturated heterocycles. The van der Waals surface area contributed by atoms with Crippen molar-refractivity contribution in [3.63, 3.8) is 0 Å². The highest BCUT2D eigenvalue weighted by Crippen LogP contribution is 2.31. The van der Waals surface area contributed by atoms with Crippen LogP contribution in [0.5, 0.6) is 0 Å². The van der Waals surface area contributed by atoms with E-state index in [0.717, 1.165) is 32.2 Å². The summed E-state index contributed by atoms with van der Waals surface area (Å²) in [6.07, 6.45) is 6.62. The van der Waals surface area contributed by atoms with Crippen molar-refractivity contribution < 1.29 is 4.74 Å². The topological polar surface area (TPSA) is 24.5 Å². The van der Waals surface area contributed by atoms with E-state index in [9.17, 15) is 0 Å². The zero-order chi connectivity index (χ0) is 13.6. The Morgan fingerprint density at radius 1 is 1.37 bits per heavy atom. The quantitative estimate of drug-likeness (QED) is 0.718. The Bertz CT molecular complexity index is 251. The number of piperidine rings is 1. The molecule has 112 valence electrons. The van der Waals surface area contributed by atoms with Crippen LogP contribution in [-0.2, 0) is 4.74 Å². The Labute approximate surface area is 119 Å². The lowest BCUT2D eigenvalue weighted by atomic mass is 9.85. The van der Waals surface area contributed by atoms with E-state index in [1.807, 2.05) is 0 Å². The van der Waals surface area contributed by atoms with Crippen molar-refractivity contribution in [3.8, 4) is 0 Å². The Kier molecular flexibility index (Phi) is 6.11. The van der Waals surface area contributed by atoms with Crippen LogP contribution in [0.1, 0.15) is 46.0 Å². The molecule has 2 heterocycles. The third kappa shape index (κ3) is 4.44. The van der Waals surface area contributed by atoms with Crippen molar-refractivity contribution in [3.05, 3.63) is 0 Å². The van der Waals surface area contributed by atoms with E-state index in [-0.39, 0.29) is 0 Å². The average Bonchev–Trinajstić information content (AvgIpc) is 2.88. The summed E-state index contributed by atoms with van der Waals surface area (Å²) in [5.74, 6) is 0.928. The van der Waals surface area contributed by atoms with Crippen molar-refractivity contribution in [1.82, 2.24) is 10.2 Å². The second kappa shape index (κ2) is 7.61. The zero-order valence-electron chi connectivity index (χ0n) is 12.9. The summed E-state index contributed by atoms with van der Waals surface area (Å²) in [6, 6.07) is 0. The molecule has 0 bridgehead atoms. The number of nitrogens with zero attached hydrogens (tertiary/aromatic N) is 1. The van der Waals surface area contributed by atoms with Crippen LogP contribution in [-0.4, -0.2) is 50.8 Å². The molecule has 19 heavy (non-hydrogen) atoms. The summed E-state index contributed by atoms with van der Waals surface area (Å²) in [7, 11) is 0. The van der Waals surface area contributed by atoms with Gasteiger partial charge >= 0.3 is 0 Å². The van der Waals surface area contributed by atoms with E-state index in [2.05, 4.69) is 24.1 Å². The normalized spacial score (nSPS) is 32.8. The van der Waals surface area contributed by atoms with E-state index in [4.69, 9.17) is 4.74 Å². The summed E-state index contributed by atoms with van der Waals surface area (Å²) in [6.45, 7) is 12.6. The molecule has 2 aliphatic rings. The largest absolute Gasteiger partial charge is 0.381 e. The molecular formula is C16H32N2O. The maximum Gasteiger partial charge on any atom is 0.0547 e. The van der Waals surface area contributed by atoms with Gasteiger partial charge in [-0.25, -0.2) is 0 Å². The molecule has 2 rings (SSSR count). The summed E-state index contributed by atoms with van der Waals surface area (Å²) in [4.78, 5) is 2.71. The molecular weight excluding hydrogens is 236 g/mol. The number of rotatable bonds is 7. The van der Waals surface area contributed by atoms with E-state index >= 15 is 0 Å². The average molecular weight is 268 g/mol. The number of likely N-dealkylation sites (tertiary alicyclic amines) is 1. The van der Waals surface area contributed by atoms with Crippen LogP contribution < -0.4 is 5.32 Å². The van der Waals surface area contributed by atoms with E-state index < -0.39 is 0 Å². The molecule has 0 amide bonds. The first-order valence-electron chi connectivity index (χ1n) is 8.29. The minimum atomic E-state index is 0.380. The highest BCUT2D eigenvalue weighted by molar-refractivity contribution is 4.89. The van der Waals surface area contributed by atoms with E-state index in [0.29, 0.717) is 5.41 Å². The van der Waals surface area contributed by atoms with Crippen molar-refractivity contribution in [1.29, 1.82) is 0 Å². The van der Waals surface area contributed by atoms with Gasteiger partial charge in [-0.15, -0.1) is 0 Å². The number of nitrogens with one attached hydrogen (secondary N) is 1. The molecule has 0 aromatic carbocycles. The van der Waals surface area contributed by atoms with Crippen LogP contribution in [0.4, 0.5) is 0 Å². The van der Waals surface area contributed by atoms with Crippen LogP contribution in [0, 0.1) is 11.3 Å². The van der Waals surface area contributed by atoms with Gasteiger partial charge in [0.05, 0.1) is 6.61 Å². The molecule has 2 aliphatic heterocycles. The molecule has 0 aromatic heterocycles. The van der Waals surface area contributed by atoms with E-state index in [1.165, 1.54) is 51.7 Å². The number of hydrogen-bond donors (Lipinski definition) is 1. The maximum absolute atomic E-state index is 5.72. The van der Waals surface area contributed by atoms with Crippen LogP contribution in [0.25, 0.3) is 0 Å². The summed E-state index contributed by atoms with van der Waals surface area (Å²) >= 11 is 0. The molecule has 1 N–H and O–H groups in total. The van der Waals surface area contributed by atoms with Gasteiger partial charge in [0.25, 0.3) is 0 Å². The third-order valence-electron chi connectivity index (χ3n) is 4.85. The lowest BCUT2D eigenvalue weighted by Crippen LogP contribution is -2.47. The predicted octanol–water partition coefficient (Wildman–Crippen LogP) is 2.51. The standard InChI is InChI=1S/C16H32N2O/c1-3-8-17-12-16(7-10-19-14-16)13-18-9-5-6-15(4-2)11-18/h15,17H,3-14H2,1-2H3. The minimum Gasteiger partial charge on any atom is -0.381 e. The Morgan fingerprint density at radius 3 is 2.95 bits per heavy atom. The van der Waals surface area contributed by atoms with Crippen molar-refractivity contribution in [2.75, 3.05) is 45.9 Å². The van der Waals surface area contributed by atoms with Gasteiger partial charge in [0.1, 0.15) is 0 Å². The Balaban J connectivity index is 1.85. The van der Waals surface area contributed by atoms with Crippen LogP contribution in [0.2, 0.25) is 0 Å². The maximum atomic E-state index is 5.72. The van der Waals surface area contributed by atoms with Crippen molar-refractivity contribution in [2.45, 2.75) is 46.0 Å². The van der Waals surface area contributed by atoms with Gasteiger partial charge < -0.3 is 15.0 Å². The molecule has 3 nitrogen and oxygen atoms in total. The van der Waals surface area contributed by atoms with Crippen LogP contribution >= 0.6 is 0 Å². The Morgan fingerprint density at radius 2 is 2.26 bits per heavy atom. The molecule has 0 saturated carbocycles. The van der Waals surface area contributed by atoms with Gasteiger partial charge in [-0.2, -0.15) is 0 Å². The fourth-order valence-corrected chi connectivity index (χ4v) is 3.60. The molecule has 0 aromatic rings. The second-order valence-corrected chi connectivity index (χ2v) is 6.63. The first-order chi connectivity index (χ1) is 9.28. The molecule has 0 radical (unpaired) electrons. The number of hydrogen-bond acceptors (Lipinski definition) is 3. The fraction of sp³-hybridized carbons (Fsp3) is 1.00. The summed E-state index contributed by atoms with van der Waals surface area (Å²) < 4.78 is 5.72. The van der Waals surface area contributed by atoms with E-state index in [1.54, 1.807) is 0 Å². The van der Waals surface area contributed by atoms with Crippen LogP contribution in [0.15, 0.2) is 0 Å². The Hall–Kier alpha value is -0.120. The lowest BCUT2D eigenvalue weighted by molar-refractivity contribution is 0.0818. The fourth-order valence-electron chi connectivity index (χ4n) is 3.60. The molecule has 2 unspecified atom stereocenters.